The van der Waals surface area contributed by atoms with Gasteiger partial charge in [0.1, 0.15) is 6.54 Å². The molecule has 6 nitrogen and oxygen atoms in total. The van der Waals surface area contributed by atoms with Gasteiger partial charge in [-0.15, -0.1) is 24.0 Å². The topological polar surface area (TPSA) is 66.0 Å². The Labute approximate surface area is 151 Å². The van der Waals surface area contributed by atoms with Gasteiger partial charge in [-0.3, -0.25) is 4.79 Å². The van der Waals surface area contributed by atoms with Crippen LogP contribution in [0.3, 0.4) is 0 Å². The third-order valence-electron chi connectivity index (χ3n) is 3.36. The Balaban J connectivity index is 0.00000441. The van der Waals surface area contributed by atoms with Crippen LogP contribution in [0.2, 0.25) is 0 Å². The van der Waals surface area contributed by atoms with Crippen LogP contribution in [0.1, 0.15) is 39.5 Å². The number of nitrogens with one attached hydrogen (secondary N) is 2. The Morgan fingerprint density at radius 1 is 1.18 bits per heavy atom. The largest absolute Gasteiger partial charge is 0.380 e. The van der Waals surface area contributed by atoms with Crippen LogP contribution >= 0.6 is 24.0 Å². The highest BCUT2D eigenvalue weighted by Crippen LogP contribution is 2.07. The molecule has 0 bridgehead atoms. The first-order valence-electron chi connectivity index (χ1n) is 8.15. The van der Waals surface area contributed by atoms with E-state index in [1.165, 1.54) is 0 Å². The molecule has 1 heterocycles. The van der Waals surface area contributed by atoms with Crippen LogP contribution in [0.5, 0.6) is 0 Å². The van der Waals surface area contributed by atoms with Crippen molar-refractivity contribution in [2.24, 2.45) is 4.99 Å². The zero-order valence-electron chi connectivity index (χ0n) is 13.9. The molecule has 1 rings (SSSR count). The molecule has 22 heavy (non-hydrogen) atoms. The van der Waals surface area contributed by atoms with Gasteiger partial charge in [-0.25, -0.2) is 4.99 Å². The molecule has 7 heteroatoms. The summed E-state index contributed by atoms with van der Waals surface area (Å²) in [5.41, 5.74) is 0. The second-order valence-electron chi connectivity index (χ2n) is 5.18. The number of aliphatic imine (C=N–C) groups is 1. The minimum Gasteiger partial charge on any atom is -0.380 e. The van der Waals surface area contributed by atoms with E-state index in [1.54, 1.807) is 0 Å². The number of amides is 1. The number of ether oxygens (including phenoxy) is 1. The molecule has 0 aromatic carbocycles. The summed E-state index contributed by atoms with van der Waals surface area (Å²) in [7, 11) is 0. The molecule has 0 spiro atoms. The van der Waals surface area contributed by atoms with E-state index in [4.69, 9.17) is 4.74 Å². The maximum absolute atomic E-state index is 11.9. The van der Waals surface area contributed by atoms with Crippen molar-refractivity contribution in [2.45, 2.75) is 39.5 Å². The van der Waals surface area contributed by atoms with Gasteiger partial charge >= 0.3 is 0 Å². The Hall–Kier alpha value is -0.570. The van der Waals surface area contributed by atoms with Crippen molar-refractivity contribution >= 4 is 35.8 Å². The number of guanidine groups is 1. The lowest BCUT2D eigenvalue weighted by atomic mass is 10.4. The van der Waals surface area contributed by atoms with Gasteiger partial charge in [0.25, 0.3) is 0 Å². The van der Waals surface area contributed by atoms with Crippen molar-refractivity contribution in [3.8, 4) is 0 Å². The monoisotopic (exact) mass is 426 g/mol. The third-order valence-corrected chi connectivity index (χ3v) is 3.36. The van der Waals surface area contributed by atoms with Crippen molar-refractivity contribution < 1.29 is 9.53 Å². The lowest BCUT2D eigenvalue weighted by Crippen LogP contribution is -2.40. The lowest BCUT2D eigenvalue weighted by molar-refractivity contribution is -0.128. The SMILES string of the molecule is CCCCOCCNC(=NCC(=O)N1CCCC1)NCC.I. The highest BCUT2D eigenvalue weighted by atomic mass is 127. The molecule has 2 N–H and O–H groups in total. The van der Waals surface area contributed by atoms with E-state index in [2.05, 4.69) is 22.5 Å². The number of nitrogens with zero attached hydrogens (tertiary/aromatic N) is 2. The van der Waals surface area contributed by atoms with Gasteiger partial charge in [0, 0.05) is 32.8 Å². The van der Waals surface area contributed by atoms with Crippen LogP contribution in [0.15, 0.2) is 4.99 Å². The first kappa shape index (κ1) is 21.4. The van der Waals surface area contributed by atoms with Crippen LogP contribution in [-0.4, -0.2) is 62.7 Å². The zero-order chi connectivity index (χ0) is 15.3. The predicted molar refractivity (Wildman–Crippen MR) is 101 cm³/mol. The molecule has 0 unspecified atom stereocenters. The fourth-order valence-corrected chi connectivity index (χ4v) is 2.15. The number of carbonyl (C=O) groups excluding carboxylic acids is 1. The Morgan fingerprint density at radius 3 is 2.55 bits per heavy atom. The van der Waals surface area contributed by atoms with Crippen molar-refractivity contribution in [1.29, 1.82) is 0 Å². The molecular weight excluding hydrogens is 395 g/mol. The van der Waals surface area contributed by atoms with Gasteiger partial charge in [-0.1, -0.05) is 13.3 Å². The van der Waals surface area contributed by atoms with Crippen molar-refractivity contribution in [3.05, 3.63) is 0 Å². The third kappa shape index (κ3) is 9.45. The van der Waals surface area contributed by atoms with Crippen molar-refractivity contribution in [1.82, 2.24) is 15.5 Å². The summed E-state index contributed by atoms with van der Waals surface area (Å²) in [5.74, 6) is 0.799. The van der Waals surface area contributed by atoms with E-state index in [0.29, 0.717) is 19.1 Å². The maximum atomic E-state index is 11.9. The Morgan fingerprint density at radius 2 is 1.91 bits per heavy atom. The fraction of sp³-hybridized carbons (Fsp3) is 0.867. The molecule has 0 radical (unpaired) electrons. The Bertz CT molecular complexity index is 321. The highest BCUT2D eigenvalue weighted by molar-refractivity contribution is 14.0. The summed E-state index contributed by atoms with van der Waals surface area (Å²) in [4.78, 5) is 18.2. The molecule has 0 aromatic rings. The number of rotatable bonds is 9. The number of unbranched alkanes of at least 4 members (excludes halogenated alkanes) is 1. The van der Waals surface area contributed by atoms with E-state index in [-0.39, 0.29) is 36.4 Å². The predicted octanol–water partition coefficient (Wildman–Crippen LogP) is 1.60. The maximum Gasteiger partial charge on any atom is 0.244 e. The van der Waals surface area contributed by atoms with E-state index < -0.39 is 0 Å². The molecule has 1 fully saturated rings. The smallest absolute Gasteiger partial charge is 0.244 e. The first-order valence-corrected chi connectivity index (χ1v) is 8.15. The summed E-state index contributed by atoms with van der Waals surface area (Å²) >= 11 is 0. The van der Waals surface area contributed by atoms with Crippen molar-refractivity contribution in [3.63, 3.8) is 0 Å². The van der Waals surface area contributed by atoms with Crippen LogP contribution in [0.4, 0.5) is 0 Å². The molecule has 130 valence electrons. The summed E-state index contributed by atoms with van der Waals surface area (Å²) in [6.07, 6.45) is 4.47. The normalized spacial score (nSPS) is 14.6. The number of carbonyl (C=O) groups is 1. The minimum atomic E-state index is 0. The van der Waals surface area contributed by atoms with Gasteiger partial charge in [0.15, 0.2) is 5.96 Å². The molecule has 0 aliphatic carbocycles. The van der Waals surface area contributed by atoms with Gasteiger partial charge in [0.05, 0.1) is 6.61 Å². The summed E-state index contributed by atoms with van der Waals surface area (Å²) in [6, 6.07) is 0. The Kier molecular flexibility index (Phi) is 13.7. The number of halogens is 1. The fourth-order valence-electron chi connectivity index (χ4n) is 2.15. The average molecular weight is 426 g/mol. The molecule has 0 saturated carbocycles. The first-order chi connectivity index (χ1) is 10.3. The van der Waals surface area contributed by atoms with E-state index >= 15 is 0 Å². The molecule has 1 aliphatic heterocycles. The van der Waals surface area contributed by atoms with E-state index in [1.807, 2.05) is 11.8 Å². The van der Waals surface area contributed by atoms with E-state index in [9.17, 15) is 4.79 Å². The highest BCUT2D eigenvalue weighted by Gasteiger charge is 2.17. The summed E-state index contributed by atoms with van der Waals surface area (Å²) in [6.45, 7) is 9.07. The number of hydrogen-bond acceptors (Lipinski definition) is 3. The zero-order valence-corrected chi connectivity index (χ0v) is 16.2. The van der Waals surface area contributed by atoms with Crippen LogP contribution in [0.25, 0.3) is 0 Å². The number of likely N-dealkylation sites (tertiary alicyclic amines) is 1. The summed E-state index contributed by atoms with van der Waals surface area (Å²) in [5, 5.41) is 6.33. The molecular formula is C15H31IN4O2. The van der Waals surface area contributed by atoms with Gasteiger partial charge < -0.3 is 20.3 Å². The van der Waals surface area contributed by atoms with E-state index in [0.717, 1.165) is 51.9 Å². The van der Waals surface area contributed by atoms with Crippen LogP contribution < -0.4 is 10.6 Å². The molecule has 0 aromatic heterocycles. The molecule has 0 atom stereocenters. The quantitative estimate of drug-likeness (QED) is 0.255. The number of hydrogen-bond donors (Lipinski definition) is 2. The molecule has 1 aliphatic rings. The second kappa shape index (κ2) is 14.0. The molecule has 1 saturated heterocycles. The van der Waals surface area contributed by atoms with Crippen LogP contribution in [0, 0.1) is 0 Å². The van der Waals surface area contributed by atoms with Gasteiger partial charge in [-0.05, 0) is 26.2 Å². The summed E-state index contributed by atoms with van der Waals surface area (Å²) < 4.78 is 5.49. The minimum absolute atomic E-state index is 0. The second-order valence-corrected chi connectivity index (χ2v) is 5.18. The van der Waals surface area contributed by atoms with Gasteiger partial charge in [-0.2, -0.15) is 0 Å². The average Bonchev–Trinajstić information content (AvgIpc) is 3.02. The molecule has 1 amide bonds. The van der Waals surface area contributed by atoms with Crippen molar-refractivity contribution in [2.75, 3.05) is 45.9 Å². The lowest BCUT2D eigenvalue weighted by Gasteiger charge is -2.15. The standard InChI is InChI=1S/C15H30N4O2.HI/c1-3-5-11-21-12-8-17-15(16-4-2)18-13-14(20)19-9-6-7-10-19;/h3-13H2,1-2H3,(H2,16,17,18);1H. The van der Waals surface area contributed by atoms with Crippen LogP contribution in [-0.2, 0) is 9.53 Å². The van der Waals surface area contributed by atoms with Gasteiger partial charge in [0.2, 0.25) is 5.91 Å².